The van der Waals surface area contributed by atoms with E-state index in [0.29, 0.717) is 12.3 Å². The molecule has 0 unspecified atom stereocenters. The van der Waals surface area contributed by atoms with Gasteiger partial charge in [-0.05, 0) is 31.0 Å². The third-order valence-electron chi connectivity index (χ3n) is 2.41. The Bertz CT molecular complexity index is 383. The summed E-state index contributed by atoms with van der Waals surface area (Å²) >= 11 is 0. The molecule has 1 amide bonds. The van der Waals surface area contributed by atoms with E-state index in [1.165, 1.54) is 0 Å². The summed E-state index contributed by atoms with van der Waals surface area (Å²) in [7, 11) is 0. The first kappa shape index (κ1) is 16.7. The predicted molar refractivity (Wildman–Crippen MR) is 77.2 cm³/mol. The Morgan fingerprint density at radius 2 is 2.17 bits per heavy atom. The summed E-state index contributed by atoms with van der Waals surface area (Å²) in [5.74, 6) is -0.144. The largest absolute Gasteiger partial charge is 0.399 e. The first-order valence-electron chi connectivity index (χ1n) is 5.87. The topological polar surface area (TPSA) is 64.3 Å². The molecule has 0 aromatic heterocycles. The first-order valence-corrected chi connectivity index (χ1v) is 5.87. The van der Waals surface area contributed by atoms with E-state index in [0.717, 1.165) is 24.1 Å². The second-order valence-electron chi connectivity index (χ2n) is 4.03. The molecule has 18 heavy (non-hydrogen) atoms. The molecule has 5 heteroatoms. The van der Waals surface area contributed by atoms with Gasteiger partial charge in [0.25, 0.3) is 0 Å². The van der Waals surface area contributed by atoms with Gasteiger partial charge in [-0.15, -0.1) is 12.4 Å². The number of nitrogens with two attached hydrogens (primary N) is 1. The summed E-state index contributed by atoms with van der Waals surface area (Å²) in [6.45, 7) is 4.72. The van der Waals surface area contributed by atoms with E-state index in [-0.39, 0.29) is 24.9 Å². The highest BCUT2D eigenvalue weighted by molar-refractivity contribution is 5.92. The van der Waals surface area contributed by atoms with Gasteiger partial charge in [0, 0.05) is 18.0 Å². The summed E-state index contributed by atoms with van der Waals surface area (Å²) in [4.78, 5) is 11.6. The molecule has 1 rings (SSSR count). The van der Waals surface area contributed by atoms with Crippen LogP contribution in [0.2, 0.25) is 0 Å². The number of carbonyl (C=O) groups excluding carboxylic acids is 1. The Morgan fingerprint density at radius 3 is 2.83 bits per heavy atom. The summed E-state index contributed by atoms with van der Waals surface area (Å²) < 4.78 is 5.23. The molecule has 0 heterocycles. The van der Waals surface area contributed by atoms with E-state index in [1.807, 2.05) is 19.1 Å². The first-order chi connectivity index (χ1) is 8.13. The van der Waals surface area contributed by atoms with Crippen LogP contribution in [-0.4, -0.2) is 19.1 Å². The third kappa shape index (κ3) is 5.89. The lowest BCUT2D eigenvalue weighted by Crippen LogP contribution is -2.19. The molecule has 0 saturated heterocycles. The summed E-state index contributed by atoms with van der Waals surface area (Å²) in [6.07, 6.45) is 2.04. The molecule has 0 saturated carbocycles. The van der Waals surface area contributed by atoms with Crippen molar-refractivity contribution < 1.29 is 9.53 Å². The molecule has 1 aromatic rings. The van der Waals surface area contributed by atoms with Crippen molar-refractivity contribution in [3.8, 4) is 0 Å². The number of amides is 1. The highest BCUT2D eigenvalue weighted by Gasteiger charge is 2.05. The number of carbonyl (C=O) groups is 1. The Balaban J connectivity index is 0.00000289. The van der Waals surface area contributed by atoms with Crippen LogP contribution < -0.4 is 11.1 Å². The maximum Gasteiger partial charge on any atom is 0.250 e. The molecule has 0 bridgehead atoms. The Labute approximate surface area is 114 Å². The molecule has 0 fully saturated rings. The average Bonchev–Trinajstić information content (AvgIpc) is 2.29. The Morgan fingerprint density at radius 1 is 1.44 bits per heavy atom. The number of unbranched alkanes of at least 4 members (excludes halogenated alkanes) is 1. The second-order valence-corrected chi connectivity index (χ2v) is 4.03. The maximum atomic E-state index is 11.6. The minimum atomic E-state index is -0.144. The second kappa shape index (κ2) is 8.78. The van der Waals surface area contributed by atoms with Crippen LogP contribution in [0.4, 0.5) is 11.4 Å². The van der Waals surface area contributed by atoms with Crippen LogP contribution in [0.25, 0.3) is 0 Å². The number of rotatable bonds is 6. The number of benzene rings is 1. The van der Waals surface area contributed by atoms with Crippen LogP contribution in [-0.2, 0) is 9.53 Å². The number of ether oxygens (including phenoxy) is 1. The predicted octanol–water partition coefficient (Wildman–Crippen LogP) is 2.75. The van der Waals surface area contributed by atoms with Crippen LogP contribution in [0.1, 0.15) is 25.3 Å². The van der Waals surface area contributed by atoms with Gasteiger partial charge in [-0.2, -0.15) is 0 Å². The SMILES string of the molecule is CCCCOCC(=O)Nc1cc(N)ccc1C.Cl. The van der Waals surface area contributed by atoms with Gasteiger partial charge in [-0.3, -0.25) is 4.79 Å². The lowest BCUT2D eigenvalue weighted by molar-refractivity contribution is -0.120. The van der Waals surface area contributed by atoms with Crippen LogP contribution in [0.3, 0.4) is 0 Å². The van der Waals surface area contributed by atoms with Crippen molar-refractivity contribution >= 4 is 29.7 Å². The fourth-order valence-electron chi connectivity index (χ4n) is 1.37. The average molecular weight is 273 g/mol. The highest BCUT2D eigenvalue weighted by Crippen LogP contribution is 2.17. The maximum absolute atomic E-state index is 11.6. The van der Waals surface area contributed by atoms with E-state index in [1.54, 1.807) is 6.07 Å². The normalized spacial score (nSPS) is 9.67. The van der Waals surface area contributed by atoms with E-state index in [2.05, 4.69) is 12.2 Å². The number of halogens is 1. The number of nitrogen functional groups attached to an aromatic ring is 1. The van der Waals surface area contributed by atoms with Crippen LogP contribution in [0.15, 0.2) is 18.2 Å². The van der Waals surface area contributed by atoms with Gasteiger partial charge < -0.3 is 15.8 Å². The van der Waals surface area contributed by atoms with Crippen LogP contribution >= 0.6 is 12.4 Å². The quantitative estimate of drug-likeness (QED) is 0.618. The molecule has 102 valence electrons. The van der Waals surface area contributed by atoms with Crippen molar-refractivity contribution in [3.05, 3.63) is 23.8 Å². The molecule has 4 nitrogen and oxygen atoms in total. The Kier molecular flexibility index (Phi) is 8.16. The summed E-state index contributed by atoms with van der Waals surface area (Å²) in [5.41, 5.74) is 8.03. The van der Waals surface area contributed by atoms with Crippen molar-refractivity contribution in [2.24, 2.45) is 0 Å². The van der Waals surface area contributed by atoms with Crippen molar-refractivity contribution in [1.29, 1.82) is 0 Å². The van der Waals surface area contributed by atoms with Gasteiger partial charge >= 0.3 is 0 Å². The van der Waals surface area contributed by atoms with Crippen LogP contribution in [0.5, 0.6) is 0 Å². The van der Waals surface area contributed by atoms with E-state index in [4.69, 9.17) is 10.5 Å². The highest BCUT2D eigenvalue weighted by atomic mass is 35.5. The van der Waals surface area contributed by atoms with Gasteiger partial charge in [0.2, 0.25) is 5.91 Å². The van der Waals surface area contributed by atoms with Gasteiger partial charge in [0.05, 0.1) is 0 Å². The molecule has 0 aliphatic carbocycles. The zero-order valence-electron chi connectivity index (χ0n) is 10.9. The number of aryl methyl sites for hydroxylation is 1. The molecular formula is C13H21ClN2O2. The van der Waals surface area contributed by atoms with Gasteiger partial charge in [-0.25, -0.2) is 0 Å². The van der Waals surface area contributed by atoms with E-state index >= 15 is 0 Å². The van der Waals surface area contributed by atoms with E-state index in [9.17, 15) is 4.79 Å². The van der Waals surface area contributed by atoms with Crippen LogP contribution in [0, 0.1) is 6.92 Å². The Hall–Kier alpha value is -1.26. The molecular weight excluding hydrogens is 252 g/mol. The van der Waals surface area contributed by atoms with Gasteiger partial charge in [-0.1, -0.05) is 19.4 Å². The number of nitrogens with one attached hydrogen (secondary N) is 1. The molecule has 0 aliphatic heterocycles. The molecule has 0 atom stereocenters. The van der Waals surface area contributed by atoms with Crippen molar-refractivity contribution in [2.75, 3.05) is 24.3 Å². The van der Waals surface area contributed by atoms with Crippen molar-refractivity contribution in [3.63, 3.8) is 0 Å². The lowest BCUT2D eigenvalue weighted by Gasteiger charge is -2.09. The smallest absolute Gasteiger partial charge is 0.250 e. The fourth-order valence-corrected chi connectivity index (χ4v) is 1.37. The zero-order valence-corrected chi connectivity index (χ0v) is 11.7. The molecule has 0 aliphatic rings. The lowest BCUT2D eigenvalue weighted by atomic mass is 10.2. The molecule has 1 aromatic carbocycles. The van der Waals surface area contributed by atoms with Gasteiger partial charge in [0.1, 0.15) is 6.61 Å². The fraction of sp³-hybridized carbons (Fsp3) is 0.462. The molecule has 0 radical (unpaired) electrons. The van der Waals surface area contributed by atoms with E-state index < -0.39 is 0 Å². The number of hydrogen-bond donors (Lipinski definition) is 2. The monoisotopic (exact) mass is 272 g/mol. The summed E-state index contributed by atoms with van der Waals surface area (Å²) in [5, 5.41) is 2.78. The van der Waals surface area contributed by atoms with Crippen molar-refractivity contribution in [1.82, 2.24) is 0 Å². The van der Waals surface area contributed by atoms with Gasteiger partial charge in [0.15, 0.2) is 0 Å². The molecule has 0 spiro atoms. The number of anilines is 2. The van der Waals surface area contributed by atoms with Crippen molar-refractivity contribution in [2.45, 2.75) is 26.7 Å². The minimum Gasteiger partial charge on any atom is -0.399 e. The minimum absolute atomic E-state index is 0. The third-order valence-corrected chi connectivity index (χ3v) is 2.41. The summed E-state index contributed by atoms with van der Waals surface area (Å²) in [6, 6.07) is 5.44. The zero-order chi connectivity index (χ0) is 12.7. The molecule has 3 N–H and O–H groups in total. The number of hydrogen-bond acceptors (Lipinski definition) is 3. The standard InChI is InChI=1S/C13H20N2O2.ClH/c1-3-4-7-17-9-13(16)15-12-8-11(14)6-5-10(12)2;/h5-6,8H,3-4,7,9,14H2,1-2H3,(H,15,16);1H.